The minimum absolute atomic E-state index is 0.0777. The zero-order chi connectivity index (χ0) is 13.4. The highest BCUT2D eigenvalue weighted by Crippen LogP contribution is 2.26. The minimum atomic E-state index is -3.31. The highest BCUT2D eigenvalue weighted by atomic mass is 79.9. The van der Waals surface area contributed by atoms with Crippen LogP contribution < -0.4 is 0 Å². The van der Waals surface area contributed by atoms with Gasteiger partial charge >= 0.3 is 0 Å². The average Bonchev–Trinajstić information content (AvgIpc) is 2.80. The summed E-state index contributed by atoms with van der Waals surface area (Å²) in [5, 5.41) is 0.655. The molecule has 1 unspecified atom stereocenters. The number of ether oxygens (including phenoxy) is 1. The van der Waals surface area contributed by atoms with Crippen LogP contribution >= 0.6 is 15.9 Å². The lowest BCUT2D eigenvalue weighted by molar-refractivity contribution is -0.107. The smallest absolute Gasteiger partial charge is 0.282 e. The van der Waals surface area contributed by atoms with E-state index in [9.17, 15) is 8.42 Å². The van der Waals surface area contributed by atoms with Gasteiger partial charge < -0.3 is 4.74 Å². The molecule has 1 atom stereocenters. The Bertz CT molecular complexity index is 393. The molecular formula is C11H21BrN2O3S. The predicted molar refractivity (Wildman–Crippen MR) is 74.0 cm³/mol. The molecule has 0 saturated carbocycles. The van der Waals surface area contributed by atoms with Gasteiger partial charge in [0.25, 0.3) is 10.2 Å². The van der Waals surface area contributed by atoms with E-state index >= 15 is 0 Å². The topological polar surface area (TPSA) is 49.9 Å². The summed E-state index contributed by atoms with van der Waals surface area (Å²) < 4.78 is 34.0. The van der Waals surface area contributed by atoms with Gasteiger partial charge in [-0.1, -0.05) is 15.9 Å². The van der Waals surface area contributed by atoms with Crippen molar-refractivity contribution in [1.82, 2.24) is 8.61 Å². The van der Waals surface area contributed by atoms with Crippen molar-refractivity contribution in [2.24, 2.45) is 0 Å². The minimum Gasteiger partial charge on any atom is -0.369 e. The van der Waals surface area contributed by atoms with Crippen LogP contribution in [0.4, 0.5) is 0 Å². The SMILES string of the molecule is CC1(C)CN(S(=O)(=O)N2CCCC2)CC(CBr)O1. The summed E-state index contributed by atoms with van der Waals surface area (Å²) in [7, 11) is -3.31. The van der Waals surface area contributed by atoms with E-state index in [-0.39, 0.29) is 6.10 Å². The van der Waals surface area contributed by atoms with Crippen molar-refractivity contribution in [2.45, 2.75) is 38.4 Å². The number of rotatable bonds is 3. The zero-order valence-electron chi connectivity index (χ0n) is 10.9. The molecule has 18 heavy (non-hydrogen) atoms. The lowest BCUT2D eigenvalue weighted by Crippen LogP contribution is -2.57. The molecule has 0 aliphatic carbocycles. The van der Waals surface area contributed by atoms with Crippen LogP contribution in [0.3, 0.4) is 0 Å². The Hall–Kier alpha value is 0.310. The maximum Gasteiger partial charge on any atom is 0.282 e. The Balaban J connectivity index is 2.15. The van der Waals surface area contributed by atoms with E-state index < -0.39 is 15.8 Å². The van der Waals surface area contributed by atoms with Gasteiger partial charge in [0, 0.05) is 31.5 Å². The van der Waals surface area contributed by atoms with Gasteiger partial charge in [-0.25, -0.2) is 0 Å². The molecule has 2 fully saturated rings. The largest absolute Gasteiger partial charge is 0.369 e. The van der Waals surface area contributed by atoms with Crippen molar-refractivity contribution in [3.05, 3.63) is 0 Å². The first-order chi connectivity index (χ1) is 8.35. The fourth-order valence-electron chi connectivity index (χ4n) is 2.58. The quantitative estimate of drug-likeness (QED) is 0.725. The van der Waals surface area contributed by atoms with Crippen LogP contribution in [-0.2, 0) is 14.9 Å². The Morgan fingerprint density at radius 3 is 2.44 bits per heavy atom. The van der Waals surface area contributed by atoms with Gasteiger partial charge in [-0.15, -0.1) is 0 Å². The molecule has 106 valence electrons. The van der Waals surface area contributed by atoms with Gasteiger partial charge in [-0.3, -0.25) is 0 Å². The Morgan fingerprint density at radius 1 is 1.28 bits per heavy atom. The van der Waals surface area contributed by atoms with E-state index in [0.717, 1.165) is 12.8 Å². The summed E-state index contributed by atoms with van der Waals surface area (Å²) in [6, 6.07) is 0. The molecule has 0 aromatic carbocycles. The second kappa shape index (κ2) is 5.36. The molecule has 0 radical (unpaired) electrons. The van der Waals surface area contributed by atoms with Crippen molar-refractivity contribution >= 4 is 26.1 Å². The molecule has 2 saturated heterocycles. The molecule has 0 N–H and O–H groups in total. The van der Waals surface area contributed by atoms with Gasteiger partial charge in [0.1, 0.15) is 0 Å². The molecule has 0 aromatic rings. The van der Waals surface area contributed by atoms with E-state index in [2.05, 4.69) is 15.9 Å². The summed E-state index contributed by atoms with van der Waals surface area (Å²) in [6.45, 7) is 6.05. The first-order valence-corrected chi connectivity index (χ1v) is 8.86. The summed E-state index contributed by atoms with van der Waals surface area (Å²) in [5.41, 5.74) is -0.427. The standard InChI is InChI=1S/C11H21BrN2O3S/c1-11(2)9-14(8-10(7-12)17-11)18(15,16)13-5-3-4-6-13/h10H,3-9H2,1-2H3. The number of hydrogen-bond acceptors (Lipinski definition) is 3. The van der Waals surface area contributed by atoms with E-state index in [1.807, 2.05) is 13.8 Å². The van der Waals surface area contributed by atoms with Gasteiger partial charge in [-0.2, -0.15) is 17.0 Å². The maximum atomic E-state index is 12.5. The Kier molecular flexibility index (Phi) is 4.38. The Labute approximate surface area is 118 Å². The second-order valence-electron chi connectivity index (χ2n) is 5.56. The first-order valence-electron chi connectivity index (χ1n) is 6.34. The highest BCUT2D eigenvalue weighted by molar-refractivity contribution is 9.09. The van der Waals surface area contributed by atoms with E-state index in [4.69, 9.17) is 4.74 Å². The highest BCUT2D eigenvalue weighted by Gasteiger charge is 2.41. The van der Waals surface area contributed by atoms with E-state index in [0.29, 0.717) is 31.5 Å². The lowest BCUT2D eigenvalue weighted by Gasteiger charge is -2.42. The molecule has 2 rings (SSSR count). The lowest BCUT2D eigenvalue weighted by atomic mass is 10.1. The van der Waals surface area contributed by atoms with Crippen molar-refractivity contribution in [2.75, 3.05) is 31.5 Å². The van der Waals surface area contributed by atoms with Crippen LogP contribution in [-0.4, -0.2) is 60.2 Å². The molecule has 0 spiro atoms. The van der Waals surface area contributed by atoms with Gasteiger partial charge in [-0.05, 0) is 26.7 Å². The summed E-state index contributed by atoms with van der Waals surface area (Å²) in [4.78, 5) is 0. The molecule has 0 bridgehead atoms. The number of halogens is 1. The van der Waals surface area contributed by atoms with Gasteiger partial charge in [0.05, 0.1) is 11.7 Å². The number of nitrogens with zero attached hydrogens (tertiary/aromatic N) is 2. The summed E-state index contributed by atoms with van der Waals surface area (Å²) in [5.74, 6) is 0. The van der Waals surface area contributed by atoms with Crippen LogP contribution in [0.25, 0.3) is 0 Å². The molecule has 2 aliphatic rings. The monoisotopic (exact) mass is 340 g/mol. The van der Waals surface area contributed by atoms with Crippen LogP contribution in [0.2, 0.25) is 0 Å². The molecular weight excluding hydrogens is 320 g/mol. The number of morpholine rings is 1. The maximum absolute atomic E-state index is 12.5. The fraction of sp³-hybridized carbons (Fsp3) is 1.00. The second-order valence-corrected chi connectivity index (χ2v) is 8.14. The van der Waals surface area contributed by atoms with Crippen molar-refractivity contribution in [1.29, 1.82) is 0 Å². The third-order valence-corrected chi connectivity index (χ3v) is 6.01. The Morgan fingerprint density at radius 2 is 1.89 bits per heavy atom. The third-order valence-electron chi connectivity index (χ3n) is 3.34. The molecule has 0 amide bonds. The first kappa shape index (κ1) is 14.7. The summed E-state index contributed by atoms with van der Waals surface area (Å²) >= 11 is 3.38. The van der Waals surface area contributed by atoms with E-state index in [1.165, 1.54) is 0 Å². The van der Waals surface area contributed by atoms with Crippen LogP contribution in [0.1, 0.15) is 26.7 Å². The average molecular weight is 341 g/mol. The molecule has 5 nitrogen and oxygen atoms in total. The predicted octanol–water partition coefficient (Wildman–Crippen LogP) is 1.20. The normalized spacial score (nSPS) is 30.7. The molecule has 7 heteroatoms. The third kappa shape index (κ3) is 3.07. The van der Waals surface area contributed by atoms with Crippen molar-refractivity contribution in [3.8, 4) is 0 Å². The molecule has 2 aliphatic heterocycles. The fourth-order valence-corrected chi connectivity index (χ4v) is 4.79. The number of hydrogen-bond donors (Lipinski definition) is 0. The van der Waals surface area contributed by atoms with Crippen LogP contribution in [0.15, 0.2) is 0 Å². The van der Waals surface area contributed by atoms with Crippen LogP contribution in [0, 0.1) is 0 Å². The van der Waals surface area contributed by atoms with Crippen LogP contribution in [0.5, 0.6) is 0 Å². The van der Waals surface area contributed by atoms with Gasteiger partial charge in [0.2, 0.25) is 0 Å². The molecule has 2 heterocycles. The van der Waals surface area contributed by atoms with Crippen molar-refractivity contribution < 1.29 is 13.2 Å². The molecule has 0 aromatic heterocycles. The van der Waals surface area contributed by atoms with Crippen molar-refractivity contribution in [3.63, 3.8) is 0 Å². The zero-order valence-corrected chi connectivity index (χ0v) is 13.3. The van der Waals surface area contributed by atoms with E-state index in [1.54, 1.807) is 8.61 Å². The number of alkyl halides is 1. The summed E-state index contributed by atoms with van der Waals surface area (Å²) in [6.07, 6.45) is 1.86. The van der Waals surface area contributed by atoms with Gasteiger partial charge in [0.15, 0.2) is 0 Å².